The lowest BCUT2D eigenvalue weighted by molar-refractivity contribution is -0.137. The number of rotatable bonds is 1. The molecular formula is C13H10ClF3N4. The summed E-state index contributed by atoms with van der Waals surface area (Å²) >= 11 is 6.00. The molecule has 0 saturated heterocycles. The highest BCUT2D eigenvalue weighted by molar-refractivity contribution is 6.30. The Morgan fingerprint density at radius 1 is 1.14 bits per heavy atom. The average molecular weight is 315 g/mol. The Hall–Kier alpha value is -1.89. The summed E-state index contributed by atoms with van der Waals surface area (Å²) in [6, 6.07) is 2.40. The lowest BCUT2D eigenvalue weighted by atomic mass is 10.1. The lowest BCUT2D eigenvalue weighted by Gasteiger charge is -2.29. The van der Waals surface area contributed by atoms with Crippen molar-refractivity contribution in [3.63, 3.8) is 0 Å². The van der Waals surface area contributed by atoms with Crippen molar-refractivity contribution in [1.29, 1.82) is 0 Å². The number of halogens is 4. The maximum absolute atomic E-state index is 12.5. The van der Waals surface area contributed by atoms with Crippen molar-refractivity contribution in [2.75, 3.05) is 11.4 Å². The highest BCUT2D eigenvalue weighted by atomic mass is 35.5. The number of nitrogens with zero attached hydrogens (tertiary/aromatic N) is 4. The largest absolute Gasteiger partial charge is 0.417 e. The summed E-state index contributed by atoms with van der Waals surface area (Å²) in [5.41, 5.74) is 0.916. The highest BCUT2D eigenvalue weighted by Gasteiger charge is 2.31. The van der Waals surface area contributed by atoms with Gasteiger partial charge in [-0.05, 0) is 18.6 Å². The van der Waals surface area contributed by atoms with Crippen LogP contribution in [0.4, 0.5) is 19.0 Å². The van der Waals surface area contributed by atoms with Crippen LogP contribution < -0.4 is 4.90 Å². The van der Waals surface area contributed by atoms with Gasteiger partial charge in [-0.15, -0.1) is 0 Å². The number of hydrogen-bond acceptors (Lipinski definition) is 4. The van der Waals surface area contributed by atoms with Gasteiger partial charge < -0.3 is 4.90 Å². The Kier molecular flexibility index (Phi) is 3.44. The molecule has 3 rings (SSSR count). The number of pyridine rings is 1. The van der Waals surface area contributed by atoms with Crippen LogP contribution >= 0.6 is 11.6 Å². The van der Waals surface area contributed by atoms with Crippen molar-refractivity contribution in [1.82, 2.24) is 15.0 Å². The second kappa shape index (κ2) is 5.14. The molecule has 0 amide bonds. The highest BCUT2D eigenvalue weighted by Crippen LogP contribution is 2.30. The number of anilines is 1. The van der Waals surface area contributed by atoms with Crippen molar-refractivity contribution >= 4 is 17.4 Å². The fraction of sp³-hybridized carbons (Fsp3) is 0.308. The normalized spacial score (nSPS) is 15.0. The molecule has 21 heavy (non-hydrogen) atoms. The number of aromatic nitrogens is 3. The smallest absolute Gasteiger partial charge is 0.350 e. The summed E-state index contributed by atoms with van der Waals surface area (Å²) in [6.45, 7) is 1.06. The molecule has 2 aromatic heterocycles. The third-order valence-electron chi connectivity index (χ3n) is 3.35. The summed E-state index contributed by atoms with van der Waals surface area (Å²) in [7, 11) is 0. The van der Waals surface area contributed by atoms with Gasteiger partial charge in [-0.1, -0.05) is 11.6 Å². The second-order valence-corrected chi connectivity index (χ2v) is 5.02. The van der Waals surface area contributed by atoms with Gasteiger partial charge in [-0.25, -0.2) is 15.0 Å². The Labute approximate surface area is 123 Å². The first-order valence-electron chi connectivity index (χ1n) is 6.21. The van der Waals surface area contributed by atoms with Gasteiger partial charge in [0.05, 0.1) is 17.8 Å². The van der Waals surface area contributed by atoms with E-state index in [0.29, 0.717) is 30.5 Å². The Morgan fingerprint density at radius 3 is 2.62 bits per heavy atom. The molecule has 0 unspecified atom stereocenters. The maximum Gasteiger partial charge on any atom is 0.417 e. The first kappa shape index (κ1) is 14.1. The zero-order valence-electron chi connectivity index (χ0n) is 10.7. The monoisotopic (exact) mass is 314 g/mol. The van der Waals surface area contributed by atoms with Crippen LogP contribution in [-0.2, 0) is 19.1 Å². The van der Waals surface area contributed by atoms with Crippen LogP contribution in [-0.4, -0.2) is 21.5 Å². The zero-order chi connectivity index (χ0) is 15.0. The second-order valence-electron chi connectivity index (χ2n) is 4.66. The van der Waals surface area contributed by atoms with Crippen molar-refractivity contribution in [3.05, 3.63) is 46.6 Å². The molecule has 0 fully saturated rings. The van der Waals surface area contributed by atoms with Crippen molar-refractivity contribution in [2.45, 2.75) is 19.1 Å². The third-order valence-corrected chi connectivity index (χ3v) is 3.68. The molecule has 0 atom stereocenters. The molecule has 4 nitrogen and oxygen atoms in total. The molecule has 1 aliphatic rings. The van der Waals surface area contributed by atoms with E-state index >= 15 is 0 Å². The van der Waals surface area contributed by atoms with Gasteiger partial charge in [0.1, 0.15) is 17.3 Å². The molecule has 8 heteroatoms. The molecule has 0 radical (unpaired) electrons. The molecule has 3 heterocycles. The van der Waals surface area contributed by atoms with Crippen LogP contribution in [0.1, 0.15) is 16.8 Å². The van der Waals surface area contributed by atoms with Crippen LogP contribution in [0.15, 0.2) is 24.7 Å². The summed E-state index contributed by atoms with van der Waals surface area (Å²) in [6.07, 6.45) is -1.51. The van der Waals surface area contributed by atoms with Crippen LogP contribution in [0, 0.1) is 0 Å². The molecular weight excluding hydrogens is 305 g/mol. The van der Waals surface area contributed by atoms with E-state index in [-0.39, 0.29) is 0 Å². The van der Waals surface area contributed by atoms with Gasteiger partial charge in [0.2, 0.25) is 0 Å². The first-order chi connectivity index (χ1) is 9.95. The molecule has 1 aliphatic heterocycles. The molecule has 0 N–H and O–H groups in total. The fourth-order valence-electron chi connectivity index (χ4n) is 2.25. The Balaban J connectivity index is 1.83. The van der Waals surface area contributed by atoms with Crippen LogP contribution in [0.3, 0.4) is 0 Å². The summed E-state index contributed by atoms with van der Waals surface area (Å²) in [4.78, 5) is 13.9. The summed E-state index contributed by atoms with van der Waals surface area (Å²) < 4.78 is 37.6. The van der Waals surface area contributed by atoms with Gasteiger partial charge in [0.15, 0.2) is 0 Å². The molecule has 0 aromatic carbocycles. The Morgan fingerprint density at radius 2 is 1.95 bits per heavy atom. The first-order valence-corrected chi connectivity index (χ1v) is 6.59. The van der Waals surface area contributed by atoms with E-state index in [2.05, 4.69) is 15.0 Å². The van der Waals surface area contributed by atoms with E-state index in [1.807, 2.05) is 4.90 Å². The van der Waals surface area contributed by atoms with Gasteiger partial charge in [0.25, 0.3) is 0 Å². The van der Waals surface area contributed by atoms with Gasteiger partial charge >= 0.3 is 6.18 Å². The van der Waals surface area contributed by atoms with E-state index < -0.39 is 11.7 Å². The minimum atomic E-state index is -4.37. The molecule has 0 spiro atoms. The van der Waals surface area contributed by atoms with Gasteiger partial charge in [0, 0.05) is 18.3 Å². The zero-order valence-corrected chi connectivity index (χ0v) is 11.5. The number of alkyl halides is 3. The van der Waals surface area contributed by atoms with Crippen LogP contribution in [0.2, 0.25) is 5.15 Å². The quantitative estimate of drug-likeness (QED) is 0.759. The molecule has 0 aliphatic carbocycles. The summed E-state index contributed by atoms with van der Waals surface area (Å²) in [5.74, 6) is 0.489. The van der Waals surface area contributed by atoms with Crippen LogP contribution in [0.25, 0.3) is 0 Å². The standard InChI is InChI=1S/C13H10ClF3N4/c14-12-9-3-4-21(6-10(9)19-7-20-12)11-2-1-8(5-18-11)13(15,16)17/h1-2,5,7H,3-4,6H2. The maximum atomic E-state index is 12.5. The van der Waals surface area contributed by atoms with E-state index in [0.717, 1.165) is 23.5 Å². The van der Waals surface area contributed by atoms with E-state index in [1.165, 1.54) is 12.4 Å². The van der Waals surface area contributed by atoms with E-state index in [9.17, 15) is 13.2 Å². The van der Waals surface area contributed by atoms with Crippen LogP contribution in [0.5, 0.6) is 0 Å². The number of hydrogen-bond donors (Lipinski definition) is 0. The third kappa shape index (κ3) is 2.78. The van der Waals surface area contributed by atoms with E-state index in [1.54, 1.807) is 0 Å². The predicted molar refractivity (Wildman–Crippen MR) is 71.0 cm³/mol. The minimum Gasteiger partial charge on any atom is -0.350 e. The van der Waals surface area contributed by atoms with Crippen molar-refractivity contribution in [2.24, 2.45) is 0 Å². The fourth-order valence-corrected chi connectivity index (χ4v) is 2.50. The molecule has 2 aromatic rings. The minimum absolute atomic E-state index is 0.431. The molecule has 110 valence electrons. The van der Waals surface area contributed by atoms with Crippen molar-refractivity contribution < 1.29 is 13.2 Å². The van der Waals surface area contributed by atoms with Gasteiger partial charge in [-0.3, -0.25) is 0 Å². The molecule has 0 bridgehead atoms. The predicted octanol–water partition coefficient (Wildman–Crippen LogP) is 3.11. The summed E-state index contributed by atoms with van der Waals surface area (Å²) in [5, 5.41) is 0.431. The van der Waals surface area contributed by atoms with Gasteiger partial charge in [-0.2, -0.15) is 13.2 Å². The molecule has 0 saturated carbocycles. The van der Waals surface area contributed by atoms with E-state index in [4.69, 9.17) is 11.6 Å². The lowest BCUT2D eigenvalue weighted by Crippen LogP contribution is -2.32. The average Bonchev–Trinajstić information content (AvgIpc) is 2.46. The SMILES string of the molecule is FC(F)(F)c1ccc(N2CCc3c(Cl)ncnc3C2)nc1. The number of fused-ring (bicyclic) bond motifs is 1. The Bertz CT molecular complexity index is 657. The topological polar surface area (TPSA) is 41.9 Å². The van der Waals surface area contributed by atoms with Crippen molar-refractivity contribution in [3.8, 4) is 0 Å².